The van der Waals surface area contributed by atoms with Crippen LogP contribution in [0.3, 0.4) is 0 Å². The summed E-state index contributed by atoms with van der Waals surface area (Å²) in [5.74, 6) is 0.176. The molecular weight excluding hydrogens is 330 g/mol. The van der Waals surface area contributed by atoms with Gasteiger partial charge in [0.2, 0.25) is 11.8 Å². The van der Waals surface area contributed by atoms with Crippen molar-refractivity contribution in [3.05, 3.63) is 29.3 Å². The molecule has 3 heterocycles. The number of nitrogens with one attached hydrogen (secondary N) is 1. The predicted molar refractivity (Wildman–Crippen MR) is 99.1 cm³/mol. The van der Waals surface area contributed by atoms with Gasteiger partial charge in [0.1, 0.15) is 0 Å². The van der Waals surface area contributed by atoms with Crippen molar-refractivity contribution in [2.75, 3.05) is 38.6 Å². The van der Waals surface area contributed by atoms with Crippen LogP contribution in [0.1, 0.15) is 30.4 Å². The number of amides is 2. The predicted octanol–water partition coefficient (Wildman–Crippen LogP) is 1.44. The number of rotatable bonds is 5. The standard InChI is InChI=1S/C20H27N3O3/c1-26-17-11-16(12-22-6-2-3-7-22)23(13-17)20(25)9-14-4-5-15-10-19(24)21-18(15)8-14/h4-5,8,16-17H,2-3,6-7,9-13H2,1H3,(H,21,24)/t16-,17-/m0/s1. The molecule has 4 rings (SSSR count). The van der Waals surface area contributed by atoms with Crippen molar-refractivity contribution in [3.8, 4) is 0 Å². The van der Waals surface area contributed by atoms with Crippen LogP contribution in [0, 0.1) is 0 Å². The fourth-order valence-corrected chi connectivity index (χ4v) is 4.43. The van der Waals surface area contributed by atoms with Crippen LogP contribution in [0.4, 0.5) is 5.69 Å². The first kappa shape index (κ1) is 17.5. The molecule has 0 aliphatic carbocycles. The Balaban J connectivity index is 1.43. The lowest BCUT2D eigenvalue weighted by molar-refractivity contribution is -0.132. The summed E-state index contributed by atoms with van der Waals surface area (Å²) in [5.41, 5.74) is 2.82. The van der Waals surface area contributed by atoms with E-state index in [1.807, 2.05) is 23.1 Å². The van der Waals surface area contributed by atoms with E-state index in [4.69, 9.17) is 4.74 Å². The third-order valence-corrected chi connectivity index (χ3v) is 5.85. The molecule has 0 unspecified atom stereocenters. The highest BCUT2D eigenvalue weighted by atomic mass is 16.5. The summed E-state index contributed by atoms with van der Waals surface area (Å²) in [6, 6.07) is 6.10. The highest BCUT2D eigenvalue weighted by molar-refractivity contribution is 5.99. The van der Waals surface area contributed by atoms with Crippen molar-refractivity contribution in [1.82, 2.24) is 9.80 Å². The van der Waals surface area contributed by atoms with Crippen LogP contribution in [0.5, 0.6) is 0 Å². The molecule has 0 bridgehead atoms. The Hall–Kier alpha value is -1.92. The number of anilines is 1. The number of benzene rings is 1. The quantitative estimate of drug-likeness (QED) is 0.866. The van der Waals surface area contributed by atoms with Gasteiger partial charge < -0.3 is 19.9 Å². The average Bonchev–Trinajstić information content (AvgIpc) is 3.34. The van der Waals surface area contributed by atoms with Gasteiger partial charge in [-0.05, 0) is 49.5 Å². The van der Waals surface area contributed by atoms with Gasteiger partial charge in [-0.1, -0.05) is 12.1 Å². The SMILES string of the molecule is CO[C@H]1C[C@@H](CN2CCCC2)N(C(=O)Cc2ccc3c(c2)NC(=O)C3)C1. The molecule has 6 heteroatoms. The van der Waals surface area contributed by atoms with Crippen molar-refractivity contribution in [1.29, 1.82) is 0 Å². The van der Waals surface area contributed by atoms with E-state index in [1.165, 1.54) is 12.8 Å². The van der Waals surface area contributed by atoms with E-state index < -0.39 is 0 Å². The number of hydrogen-bond acceptors (Lipinski definition) is 4. The normalized spacial score (nSPS) is 25.6. The molecule has 3 aliphatic heterocycles. The molecule has 26 heavy (non-hydrogen) atoms. The smallest absolute Gasteiger partial charge is 0.228 e. The minimum atomic E-state index is 0.0247. The zero-order valence-corrected chi connectivity index (χ0v) is 15.4. The molecule has 2 amide bonds. The first-order valence-electron chi connectivity index (χ1n) is 9.58. The molecule has 1 N–H and O–H groups in total. The third kappa shape index (κ3) is 3.62. The van der Waals surface area contributed by atoms with Crippen LogP contribution >= 0.6 is 0 Å². The fraction of sp³-hybridized carbons (Fsp3) is 0.600. The molecule has 1 aromatic carbocycles. The first-order chi connectivity index (χ1) is 12.6. The molecule has 0 spiro atoms. The third-order valence-electron chi connectivity index (χ3n) is 5.85. The molecular formula is C20H27N3O3. The maximum atomic E-state index is 13.0. The molecule has 2 saturated heterocycles. The molecule has 1 aromatic rings. The van der Waals surface area contributed by atoms with Gasteiger partial charge >= 0.3 is 0 Å². The number of carbonyl (C=O) groups excluding carboxylic acids is 2. The van der Waals surface area contributed by atoms with Gasteiger partial charge in [0.15, 0.2) is 0 Å². The Morgan fingerprint density at radius 2 is 2.12 bits per heavy atom. The van der Waals surface area contributed by atoms with Crippen molar-refractivity contribution >= 4 is 17.5 Å². The minimum Gasteiger partial charge on any atom is -0.380 e. The largest absolute Gasteiger partial charge is 0.380 e. The summed E-state index contributed by atoms with van der Waals surface area (Å²) >= 11 is 0. The number of fused-ring (bicyclic) bond motifs is 1. The van der Waals surface area contributed by atoms with Gasteiger partial charge in [0, 0.05) is 31.9 Å². The molecule has 2 fully saturated rings. The number of hydrogen-bond donors (Lipinski definition) is 1. The summed E-state index contributed by atoms with van der Waals surface area (Å²) in [5, 5.41) is 2.86. The van der Waals surface area contributed by atoms with Crippen LogP contribution in [-0.4, -0.2) is 67.0 Å². The number of methoxy groups -OCH3 is 1. The highest BCUT2D eigenvalue weighted by Gasteiger charge is 2.36. The van der Waals surface area contributed by atoms with Crippen LogP contribution in [-0.2, 0) is 27.2 Å². The van der Waals surface area contributed by atoms with Crippen LogP contribution in [0.25, 0.3) is 0 Å². The van der Waals surface area contributed by atoms with Gasteiger partial charge in [0.05, 0.1) is 18.9 Å². The Bertz CT molecular complexity index is 700. The van der Waals surface area contributed by atoms with E-state index >= 15 is 0 Å². The Morgan fingerprint density at radius 3 is 2.88 bits per heavy atom. The molecule has 6 nitrogen and oxygen atoms in total. The number of nitrogens with zero attached hydrogens (tertiary/aromatic N) is 2. The second-order valence-corrected chi connectivity index (χ2v) is 7.69. The molecule has 140 valence electrons. The molecule has 3 aliphatic rings. The van der Waals surface area contributed by atoms with E-state index in [1.54, 1.807) is 7.11 Å². The fourth-order valence-electron chi connectivity index (χ4n) is 4.43. The monoisotopic (exact) mass is 357 g/mol. The highest BCUT2D eigenvalue weighted by Crippen LogP contribution is 2.26. The maximum Gasteiger partial charge on any atom is 0.228 e. The van der Waals surface area contributed by atoms with E-state index in [-0.39, 0.29) is 24.0 Å². The van der Waals surface area contributed by atoms with E-state index in [9.17, 15) is 9.59 Å². The van der Waals surface area contributed by atoms with Crippen molar-refractivity contribution in [3.63, 3.8) is 0 Å². The number of likely N-dealkylation sites (tertiary alicyclic amines) is 2. The van der Waals surface area contributed by atoms with Crippen molar-refractivity contribution in [2.45, 2.75) is 44.2 Å². The summed E-state index contributed by atoms with van der Waals surface area (Å²) in [7, 11) is 1.73. The lowest BCUT2D eigenvalue weighted by Gasteiger charge is -2.28. The van der Waals surface area contributed by atoms with Crippen LogP contribution in [0.2, 0.25) is 0 Å². The lowest BCUT2D eigenvalue weighted by atomic mass is 10.1. The first-order valence-corrected chi connectivity index (χ1v) is 9.58. The molecule has 0 radical (unpaired) electrons. The van der Waals surface area contributed by atoms with Gasteiger partial charge in [-0.15, -0.1) is 0 Å². The summed E-state index contributed by atoms with van der Waals surface area (Å²) in [4.78, 5) is 29.0. The minimum absolute atomic E-state index is 0.0247. The van der Waals surface area contributed by atoms with Crippen LogP contribution in [0.15, 0.2) is 18.2 Å². The van der Waals surface area contributed by atoms with Crippen LogP contribution < -0.4 is 5.32 Å². The zero-order valence-electron chi connectivity index (χ0n) is 15.4. The van der Waals surface area contributed by atoms with Gasteiger partial charge in [0.25, 0.3) is 0 Å². The van der Waals surface area contributed by atoms with E-state index in [2.05, 4.69) is 10.2 Å². The Labute approximate surface area is 154 Å². The number of carbonyl (C=O) groups is 2. The topological polar surface area (TPSA) is 61.9 Å². The van der Waals surface area contributed by atoms with E-state index in [0.717, 1.165) is 42.9 Å². The Kier molecular flexibility index (Phi) is 4.96. The summed E-state index contributed by atoms with van der Waals surface area (Å²) in [6.45, 7) is 3.91. The zero-order chi connectivity index (χ0) is 18.1. The van der Waals surface area contributed by atoms with Crippen molar-refractivity contribution in [2.24, 2.45) is 0 Å². The van der Waals surface area contributed by atoms with Gasteiger partial charge in [-0.25, -0.2) is 0 Å². The van der Waals surface area contributed by atoms with Gasteiger partial charge in [-0.2, -0.15) is 0 Å². The maximum absolute atomic E-state index is 13.0. The average molecular weight is 357 g/mol. The second-order valence-electron chi connectivity index (χ2n) is 7.69. The lowest BCUT2D eigenvalue weighted by Crippen LogP contribution is -2.43. The molecule has 0 saturated carbocycles. The summed E-state index contributed by atoms with van der Waals surface area (Å²) in [6.07, 6.45) is 4.37. The van der Waals surface area contributed by atoms with Crippen molar-refractivity contribution < 1.29 is 14.3 Å². The van der Waals surface area contributed by atoms with Gasteiger partial charge in [-0.3, -0.25) is 9.59 Å². The molecule has 2 atom stereocenters. The molecule has 0 aromatic heterocycles. The Morgan fingerprint density at radius 1 is 1.31 bits per heavy atom. The second kappa shape index (κ2) is 7.37. The number of ether oxygens (including phenoxy) is 1. The van der Waals surface area contributed by atoms with E-state index in [0.29, 0.717) is 19.4 Å². The summed E-state index contributed by atoms with van der Waals surface area (Å²) < 4.78 is 5.55.